The third-order valence-electron chi connectivity index (χ3n) is 4.09. The molecular weight excluding hydrogens is 424 g/mol. The van der Waals surface area contributed by atoms with Gasteiger partial charge in [0.25, 0.3) is 0 Å². The highest BCUT2D eigenvalue weighted by atomic mass is 127. The molecule has 0 atom stereocenters. The van der Waals surface area contributed by atoms with Crippen LogP contribution < -0.4 is 10.6 Å². The first-order valence-electron chi connectivity index (χ1n) is 8.07. The van der Waals surface area contributed by atoms with Gasteiger partial charge in [-0.2, -0.15) is 0 Å². The van der Waals surface area contributed by atoms with E-state index < -0.39 is 0 Å². The summed E-state index contributed by atoms with van der Waals surface area (Å²) in [5.74, 6) is 0.504. The number of nitrogens with one attached hydrogen (secondary N) is 2. The Morgan fingerprint density at radius 2 is 1.92 bits per heavy atom. The smallest absolute Gasteiger partial charge is 0.191 e. The van der Waals surface area contributed by atoms with E-state index in [1.165, 1.54) is 12.1 Å². The number of methoxy groups -OCH3 is 1. The second-order valence-electron chi connectivity index (χ2n) is 5.67. The minimum atomic E-state index is -0.232. The molecule has 24 heavy (non-hydrogen) atoms. The van der Waals surface area contributed by atoms with Gasteiger partial charge in [0.2, 0.25) is 0 Å². The highest BCUT2D eigenvalue weighted by molar-refractivity contribution is 14.0. The monoisotopic (exact) mass is 451 g/mol. The second kappa shape index (κ2) is 10.8. The van der Waals surface area contributed by atoms with Gasteiger partial charge >= 0.3 is 0 Å². The molecule has 0 amide bonds. The number of aliphatic imine (C=N–C) groups is 1. The molecule has 1 saturated heterocycles. The molecule has 0 bridgehead atoms. The molecule has 136 valence electrons. The Morgan fingerprint density at radius 1 is 1.25 bits per heavy atom. The van der Waals surface area contributed by atoms with Gasteiger partial charge in [-0.3, -0.25) is 0 Å². The minimum absolute atomic E-state index is 0. The van der Waals surface area contributed by atoms with Crippen LogP contribution in [-0.2, 0) is 16.0 Å². The van der Waals surface area contributed by atoms with Crippen molar-refractivity contribution in [2.24, 2.45) is 4.99 Å². The lowest BCUT2D eigenvalue weighted by Gasteiger charge is -2.36. The molecule has 0 aromatic heterocycles. The summed E-state index contributed by atoms with van der Waals surface area (Å²) >= 11 is 0. The van der Waals surface area contributed by atoms with Crippen LogP contribution in [0.4, 0.5) is 4.39 Å². The maximum absolute atomic E-state index is 12.9. The molecule has 1 aromatic rings. The van der Waals surface area contributed by atoms with Crippen molar-refractivity contribution in [3.05, 3.63) is 35.6 Å². The van der Waals surface area contributed by atoms with Crippen molar-refractivity contribution in [3.8, 4) is 0 Å². The Morgan fingerprint density at radius 3 is 2.50 bits per heavy atom. The van der Waals surface area contributed by atoms with Gasteiger partial charge in [-0.1, -0.05) is 12.1 Å². The highest BCUT2D eigenvalue weighted by Gasteiger charge is 2.32. The van der Waals surface area contributed by atoms with Crippen LogP contribution in [0.5, 0.6) is 0 Å². The molecule has 0 radical (unpaired) electrons. The van der Waals surface area contributed by atoms with Crippen LogP contribution in [0.25, 0.3) is 0 Å². The van der Waals surface area contributed by atoms with Crippen molar-refractivity contribution in [1.82, 2.24) is 10.6 Å². The van der Waals surface area contributed by atoms with E-state index in [1.807, 2.05) is 6.92 Å². The number of rotatable bonds is 6. The first-order valence-corrected chi connectivity index (χ1v) is 8.07. The molecule has 2 rings (SSSR count). The number of benzene rings is 1. The van der Waals surface area contributed by atoms with Gasteiger partial charge in [0.1, 0.15) is 5.82 Å². The lowest BCUT2D eigenvalue weighted by molar-refractivity contribution is -0.0855. The van der Waals surface area contributed by atoms with Crippen LogP contribution in [0.3, 0.4) is 0 Å². The maximum Gasteiger partial charge on any atom is 0.191 e. The zero-order chi connectivity index (χ0) is 16.5. The van der Waals surface area contributed by atoms with Crippen LogP contribution in [0.2, 0.25) is 0 Å². The Hall–Kier alpha value is -0.930. The van der Waals surface area contributed by atoms with E-state index in [9.17, 15) is 4.39 Å². The lowest BCUT2D eigenvalue weighted by atomic mass is 9.94. The van der Waals surface area contributed by atoms with Gasteiger partial charge in [-0.05, 0) is 24.6 Å². The molecule has 0 aliphatic carbocycles. The molecule has 1 aromatic carbocycles. The lowest BCUT2D eigenvalue weighted by Crippen LogP contribution is -2.50. The van der Waals surface area contributed by atoms with Crippen LogP contribution in [-0.4, -0.2) is 45.0 Å². The fraction of sp³-hybridized carbons (Fsp3) is 0.588. The van der Waals surface area contributed by atoms with E-state index in [0.717, 1.165) is 44.1 Å². The van der Waals surface area contributed by atoms with Gasteiger partial charge in [0, 0.05) is 46.3 Å². The largest absolute Gasteiger partial charge is 0.381 e. The summed E-state index contributed by atoms with van der Waals surface area (Å²) in [6, 6.07) is 6.40. The number of hydrogen-bond acceptors (Lipinski definition) is 3. The quantitative estimate of drug-likeness (QED) is 0.397. The summed E-state index contributed by atoms with van der Waals surface area (Å²) in [6.07, 6.45) is 1.74. The summed E-state index contributed by atoms with van der Waals surface area (Å²) in [6.45, 7) is 5.42. The Bertz CT molecular complexity index is 505. The Balaban J connectivity index is 0.00000288. The molecular formula is C17H27FIN3O2. The van der Waals surface area contributed by atoms with Crippen LogP contribution >= 0.6 is 24.0 Å². The summed E-state index contributed by atoms with van der Waals surface area (Å²) in [4.78, 5) is 4.55. The normalized spacial score (nSPS) is 17.0. The second-order valence-corrected chi connectivity index (χ2v) is 5.67. The molecule has 1 heterocycles. The zero-order valence-electron chi connectivity index (χ0n) is 14.3. The fourth-order valence-electron chi connectivity index (χ4n) is 2.54. The molecule has 0 unspecified atom stereocenters. The van der Waals surface area contributed by atoms with Gasteiger partial charge in [-0.25, -0.2) is 9.38 Å². The van der Waals surface area contributed by atoms with E-state index in [0.29, 0.717) is 13.1 Å². The van der Waals surface area contributed by atoms with Crippen molar-refractivity contribution in [3.63, 3.8) is 0 Å². The van der Waals surface area contributed by atoms with Crippen LogP contribution in [0, 0.1) is 5.82 Å². The van der Waals surface area contributed by atoms with E-state index in [1.54, 1.807) is 19.2 Å². The van der Waals surface area contributed by atoms with Crippen molar-refractivity contribution in [2.45, 2.75) is 31.9 Å². The number of halogens is 2. The Labute approximate surface area is 160 Å². The first-order chi connectivity index (χ1) is 11.2. The first kappa shape index (κ1) is 21.1. The van der Waals surface area contributed by atoms with Gasteiger partial charge in [0.15, 0.2) is 5.96 Å². The predicted molar refractivity (Wildman–Crippen MR) is 104 cm³/mol. The highest BCUT2D eigenvalue weighted by Crippen LogP contribution is 2.23. The maximum atomic E-state index is 12.9. The molecule has 2 N–H and O–H groups in total. The van der Waals surface area contributed by atoms with E-state index in [-0.39, 0.29) is 35.4 Å². The minimum Gasteiger partial charge on any atom is -0.381 e. The van der Waals surface area contributed by atoms with Gasteiger partial charge < -0.3 is 20.1 Å². The SMILES string of the molecule is CCNC(=NCc1ccc(F)cc1)NCC1(OC)CCOCC1.I. The van der Waals surface area contributed by atoms with Gasteiger partial charge in [-0.15, -0.1) is 24.0 Å². The summed E-state index contributed by atoms with van der Waals surface area (Å²) < 4.78 is 24.1. The topological polar surface area (TPSA) is 54.9 Å². The average Bonchev–Trinajstić information content (AvgIpc) is 2.59. The third kappa shape index (κ3) is 6.52. The van der Waals surface area contributed by atoms with Crippen molar-refractivity contribution < 1.29 is 13.9 Å². The van der Waals surface area contributed by atoms with E-state index in [4.69, 9.17) is 9.47 Å². The molecule has 1 aliphatic heterocycles. The van der Waals surface area contributed by atoms with Crippen molar-refractivity contribution in [2.75, 3.05) is 33.4 Å². The van der Waals surface area contributed by atoms with Crippen molar-refractivity contribution in [1.29, 1.82) is 0 Å². The summed E-state index contributed by atoms with van der Waals surface area (Å²) in [7, 11) is 1.75. The predicted octanol–water partition coefficient (Wildman–Crippen LogP) is 2.69. The van der Waals surface area contributed by atoms with E-state index in [2.05, 4.69) is 15.6 Å². The Kier molecular flexibility index (Phi) is 9.53. The third-order valence-corrected chi connectivity index (χ3v) is 4.09. The van der Waals surface area contributed by atoms with Crippen LogP contribution in [0.15, 0.2) is 29.3 Å². The number of nitrogens with zero attached hydrogens (tertiary/aromatic N) is 1. The fourth-order valence-corrected chi connectivity index (χ4v) is 2.54. The zero-order valence-corrected chi connectivity index (χ0v) is 16.6. The molecule has 1 fully saturated rings. The number of guanidine groups is 1. The molecule has 0 saturated carbocycles. The standard InChI is InChI=1S/C17H26FN3O2.HI/c1-3-19-16(20-12-14-4-6-15(18)7-5-14)21-13-17(22-2)8-10-23-11-9-17;/h4-7H,3,8-13H2,1-2H3,(H2,19,20,21);1H. The summed E-state index contributed by atoms with van der Waals surface area (Å²) in [5, 5.41) is 6.57. The molecule has 5 nitrogen and oxygen atoms in total. The average molecular weight is 451 g/mol. The van der Waals surface area contributed by atoms with Crippen molar-refractivity contribution >= 4 is 29.9 Å². The number of ether oxygens (including phenoxy) is 2. The van der Waals surface area contributed by atoms with Gasteiger partial charge in [0.05, 0.1) is 12.1 Å². The van der Waals surface area contributed by atoms with Crippen LogP contribution in [0.1, 0.15) is 25.3 Å². The summed E-state index contributed by atoms with van der Waals surface area (Å²) in [5.41, 5.74) is 0.765. The number of hydrogen-bond donors (Lipinski definition) is 2. The molecule has 1 aliphatic rings. The molecule has 7 heteroatoms. The van der Waals surface area contributed by atoms with E-state index >= 15 is 0 Å². The molecule has 0 spiro atoms.